The van der Waals surface area contributed by atoms with Crippen molar-refractivity contribution in [1.82, 2.24) is 10.2 Å². The second-order valence-electron chi connectivity index (χ2n) is 7.01. The minimum atomic E-state index is -4.42. The molecule has 174 valence electrons. The first-order chi connectivity index (χ1) is 15.0. The fourth-order valence-corrected chi connectivity index (χ4v) is 2.79. The van der Waals surface area contributed by atoms with E-state index in [0.717, 1.165) is 12.1 Å². The molecule has 0 saturated carbocycles. The number of benzene rings is 1. The smallest absolute Gasteiger partial charge is 0.416 e. The summed E-state index contributed by atoms with van der Waals surface area (Å²) in [7, 11) is 0. The van der Waals surface area contributed by atoms with Gasteiger partial charge >= 0.3 is 6.18 Å². The predicted molar refractivity (Wildman–Crippen MR) is 113 cm³/mol. The van der Waals surface area contributed by atoms with Crippen LogP contribution < -0.4 is 21.5 Å². The van der Waals surface area contributed by atoms with E-state index < -0.39 is 29.6 Å². The lowest BCUT2D eigenvalue weighted by Crippen LogP contribution is -2.39. The van der Waals surface area contributed by atoms with Gasteiger partial charge in [0.15, 0.2) is 0 Å². The Labute approximate surface area is 183 Å². The molecule has 1 aliphatic rings. The third-order valence-corrected chi connectivity index (χ3v) is 4.62. The fraction of sp³-hybridized carbons (Fsp3) is 0.400. The standard InChI is InChI=1S/C20H25F3N6O3/c1-3-16(18(25)31)28-19(27-11-26-12(2)17(24)30)29-9-8-15(10-29)32-14-6-4-13(5-7-14)20(21,22)23/h3-7,12,15,26H,1,8-11H2,2H3,(H2,24,30)(H2,25,31)/t12?,15-/m0/s1. The van der Waals surface area contributed by atoms with Gasteiger partial charge in [-0.1, -0.05) is 6.58 Å². The zero-order chi connectivity index (χ0) is 23.9. The Morgan fingerprint density at radius 2 is 2.00 bits per heavy atom. The Morgan fingerprint density at radius 3 is 2.53 bits per heavy atom. The summed E-state index contributed by atoms with van der Waals surface area (Å²) in [6, 6.07) is 3.79. The van der Waals surface area contributed by atoms with Crippen LogP contribution in [0.1, 0.15) is 18.9 Å². The van der Waals surface area contributed by atoms with Crippen LogP contribution in [0.3, 0.4) is 0 Å². The summed E-state index contributed by atoms with van der Waals surface area (Å²) in [5.74, 6) is -0.877. The molecular weight excluding hydrogens is 429 g/mol. The van der Waals surface area contributed by atoms with Crippen molar-refractivity contribution in [1.29, 1.82) is 0 Å². The second-order valence-corrected chi connectivity index (χ2v) is 7.01. The molecule has 1 unspecified atom stereocenters. The number of hydrogen-bond acceptors (Lipinski definition) is 5. The van der Waals surface area contributed by atoms with Crippen LogP contribution in [0.15, 0.2) is 46.9 Å². The van der Waals surface area contributed by atoms with Gasteiger partial charge in [-0.05, 0) is 37.3 Å². The lowest BCUT2D eigenvalue weighted by molar-refractivity contribution is -0.137. The third-order valence-electron chi connectivity index (χ3n) is 4.62. The van der Waals surface area contributed by atoms with Gasteiger partial charge in [0.2, 0.25) is 11.9 Å². The average Bonchev–Trinajstić information content (AvgIpc) is 3.18. The first-order valence-electron chi connectivity index (χ1n) is 9.68. The van der Waals surface area contributed by atoms with Gasteiger partial charge in [-0.25, -0.2) is 9.98 Å². The van der Waals surface area contributed by atoms with Crippen LogP contribution in [0.4, 0.5) is 13.2 Å². The molecule has 0 spiro atoms. The SMILES string of the molecule is C=CC(=NC(=NCNC(C)C(N)=O)N1CC[C@H](Oc2ccc(C(F)(F)F)cc2)C1)C(N)=O. The molecule has 1 heterocycles. The number of likely N-dealkylation sites (tertiary alicyclic amines) is 1. The minimum absolute atomic E-state index is 0.00689. The molecule has 0 aromatic heterocycles. The molecule has 0 radical (unpaired) electrons. The average molecular weight is 454 g/mol. The van der Waals surface area contributed by atoms with E-state index in [4.69, 9.17) is 16.2 Å². The first-order valence-corrected chi connectivity index (χ1v) is 9.68. The van der Waals surface area contributed by atoms with E-state index in [9.17, 15) is 22.8 Å². The molecule has 2 rings (SSSR count). The number of amides is 2. The van der Waals surface area contributed by atoms with E-state index in [1.54, 1.807) is 11.8 Å². The fourth-order valence-electron chi connectivity index (χ4n) is 2.79. The molecule has 1 aromatic carbocycles. The van der Waals surface area contributed by atoms with Crippen molar-refractivity contribution in [3.05, 3.63) is 42.5 Å². The highest BCUT2D eigenvalue weighted by molar-refractivity contribution is 6.44. The highest BCUT2D eigenvalue weighted by atomic mass is 19.4. The van der Waals surface area contributed by atoms with E-state index in [2.05, 4.69) is 21.9 Å². The van der Waals surface area contributed by atoms with Gasteiger partial charge in [0.1, 0.15) is 17.6 Å². The summed E-state index contributed by atoms with van der Waals surface area (Å²) in [5, 5.41) is 2.80. The highest BCUT2D eigenvalue weighted by Gasteiger charge is 2.31. The van der Waals surface area contributed by atoms with Crippen molar-refractivity contribution in [2.75, 3.05) is 19.8 Å². The Balaban J connectivity index is 2.11. The lowest BCUT2D eigenvalue weighted by atomic mass is 10.2. The summed E-state index contributed by atoms with van der Waals surface area (Å²) >= 11 is 0. The van der Waals surface area contributed by atoms with E-state index in [1.165, 1.54) is 18.2 Å². The zero-order valence-corrected chi connectivity index (χ0v) is 17.4. The van der Waals surface area contributed by atoms with Crippen LogP contribution in [0, 0.1) is 0 Å². The van der Waals surface area contributed by atoms with Crippen molar-refractivity contribution in [3.63, 3.8) is 0 Å². The summed E-state index contributed by atoms with van der Waals surface area (Å²) < 4.78 is 43.9. The number of carbonyl (C=O) groups excluding carboxylic acids is 2. The maximum absolute atomic E-state index is 12.7. The van der Waals surface area contributed by atoms with Crippen LogP contribution in [0.5, 0.6) is 5.75 Å². The quantitative estimate of drug-likeness (QED) is 0.399. The number of guanidine groups is 1. The molecule has 12 heteroatoms. The molecule has 1 aromatic rings. The number of rotatable bonds is 8. The van der Waals surface area contributed by atoms with Gasteiger partial charge in [-0.15, -0.1) is 0 Å². The summed E-state index contributed by atoms with van der Waals surface area (Å²) in [6.07, 6.45) is -3.02. The number of nitrogens with two attached hydrogens (primary N) is 2. The Hall–Kier alpha value is -3.41. The topological polar surface area (TPSA) is 135 Å². The number of halogens is 3. The number of carbonyl (C=O) groups is 2. The summed E-state index contributed by atoms with van der Waals surface area (Å²) in [4.78, 5) is 32.9. The molecule has 9 nitrogen and oxygen atoms in total. The lowest BCUT2D eigenvalue weighted by Gasteiger charge is -2.19. The van der Waals surface area contributed by atoms with E-state index >= 15 is 0 Å². The molecular formula is C20H25F3N6O3. The number of hydrogen-bond donors (Lipinski definition) is 3. The highest BCUT2D eigenvalue weighted by Crippen LogP contribution is 2.30. The van der Waals surface area contributed by atoms with Gasteiger partial charge in [-0.2, -0.15) is 13.2 Å². The summed E-state index contributed by atoms with van der Waals surface area (Å²) in [5.41, 5.74) is 9.63. The summed E-state index contributed by atoms with van der Waals surface area (Å²) in [6.45, 7) is 5.85. The molecule has 2 amide bonds. The molecule has 0 bridgehead atoms. The molecule has 5 N–H and O–H groups in total. The van der Waals surface area contributed by atoms with Crippen molar-refractivity contribution in [2.24, 2.45) is 21.5 Å². The molecule has 2 atom stereocenters. The molecule has 1 fully saturated rings. The van der Waals surface area contributed by atoms with Crippen molar-refractivity contribution in [2.45, 2.75) is 31.7 Å². The normalized spacial score (nSPS) is 18.4. The van der Waals surface area contributed by atoms with Crippen LogP contribution >= 0.6 is 0 Å². The minimum Gasteiger partial charge on any atom is -0.489 e. The van der Waals surface area contributed by atoms with Gasteiger partial charge < -0.3 is 21.1 Å². The Bertz CT molecular complexity index is 899. The van der Waals surface area contributed by atoms with Crippen molar-refractivity contribution in [3.8, 4) is 5.75 Å². The Kier molecular flexibility index (Phi) is 8.35. The zero-order valence-electron chi connectivity index (χ0n) is 17.4. The van der Waals surface area contributed by atoms with Crippen LogP contribution in [-0.2, 0) is 15.8 Å². The maximum Gasteiger partial charge on any atom is 0.416 e. The van der Waals surface area contributed by atoms with Gasteiger partial charge in [0.25, 0.3) is 5.91 Å². The van der Waals surface area contributed by atoms with Gasteiger partial charge in [0, 0.05) is 13.0 Å². The third kappa shape index (κ3) is 7.08. The van der Waals surface area contributed by atoms with Crippen LogP contribution in [0.2, 0.25) is 0 Å². The van der Waals surface area contributed by atoms with E-state index in [1.807, 2.05) is 0 Å². The molecule has 0 aliphatic carbocycles. The van der Waals surface area contributed by atoms with E-state index in [-0.39, 0.29) is 24.4 Å². The van der Waals surface area contributed by atoms with E-state index in [0.29, 0.717) is 25.3 Å². The molecule has 32 heavy (non-hydrogen) atoms. The number of nitrogens with one attached hydrogen (secondary N) is 1. The number of nitrogens with zero attached hydrogens (tertiary/aromatic N) is 3. The first kappa shape index (κ1) is 24.9. The largest absolute Gasteiger partial charge is 0.489 e. The number of primary amides is 2. The number of alkyl halides is 3. The maximum atomic E-state index is 12.7. The number of ether oxygens (including phenoxy) is 1. The number of aliphatic imine (C=N–C) groups is 2. The monoisotopic (exact) mass is 454 g/mol. The van der Waals surface area contributed by atoms with Crippen LogP contribution in [-0.4, -0.2) is 60.3 Å². The van der Waals surface area contributed by atoms with Crippen LogP contribution in [0.25, 0.3) is 0 Å². The van der Waals surface area contributed by atoms with Gasteiger partial charge in [-0.3, -0.25) is 14.9 Å². The second kappa shape index (κ2) is 10.8. The molecule has 1 aliphatic heterocycles. The Morgan fingerprint density at radius 1 is 1.34 bits per heavy atom. The van der Waals surface area contributed by atoms with Crippen molar-refractivity contribution < 1.29 is 27.5 Å². The predicted octanol–water partition coefficient (Wildman–Crippen LogP) is 1.05. The molecule has 1 saturated heterocycles. The van der Waals surface area contributed by atoms with Gasteiger partial charge in [0.05, 0.1) is 24.8 Å². The van der Waals surface area contributed by atoms with Crippen molar-refractivity contribution >= 4 is 23.5 Å².